The molecule has 0 spiro atoms. The van der Waals surface area contributed by atoms with Crippen LogP contribution in [-0.4, -0.2) is 36.4 Å². The van der Waals surface area contributed by atoms with Gasteiger partial charge in [0.05, 0.1) is 4.92 Å². The molecule has 0 saturated heterocycles. The third-order valence-corrected chi connectivity index (χ3v) is 3.72. The van der Waals surface area contributed by atoms with E-state index in [-0.39, 0.29) is 11.6 Å². The van der Waals surface area contributed by atoms with Crippen molar-refractivity contribution in [1.82, 2.24) is 5.32 Å². The van der Waals surface area contributed by atoms with Gasteiger partial charge in [-0.15, -0.1) is 0 Å². The minimum Gasteiger partial charge on any atom is -0.379 e. The Morgan fingerprint density at radius 1 is 1.33 bits per heavy atom. The second-order valence-corrected chi connectivity index (χ2v) is 5.53. The zero-order valence-electron chi connectivity index (χ0n) is 12.3. The molecule has 1 rings (SSSR count). The van der Waals surface area contributed by atoms with E-state index in [2.05, 4.69) is 16.9 Å². The summed E-state index contributed by atoms with van der Waals surface area (Å²) in [7, 11) is 1.53. The number of hydrogen-bond acceptors (Lipinski definition) is 5. The van der Waals surface area contributed by atoms with Gasteiger partial charge in [0.2, 0.25) is 0 Å². The van der Waals surface area contributed by atoms with Gasteiger partial charge >= 0.3 is 0 Å². The van der Waals surface area contributed by atoms with Crippen LogP contribution in [-0.2, 0) is 0 Å². The number of hydrogen-bond donors (Lipinski definition) is 2. The lowest BCUT2D eigenvalue weighted by Gasteiger charge is -2.09. The third-order valence-electron chi connectivity index (χ3n) is 3.02. The molecule has 116 valence electrons. The van der Waals surface area contributed by atoms with Crippen molar-refractivity contribution < 1.29 is 9.72 Å². The van der Waals surface area contributed by atoms with Crippen LogP contribution in [0.5, 0.6) is 0 Å². The lowest BCUT2D eigenvalue weighted by Crippen LogP contribution is -2.18. The van der Waals surface area contributed by atoms with Crippen molar-refractivity contribution in [1.29, 1.82) is 0 Å². The molecule has 6 nitrogen and oxygen atoms in total. The van der Waals surface area contributed by atoms with Gasteiger partial charge in [-0.1, -0.05) is 6.42 Å². The molecule has 0 radical (unpaired) electrons. The Bertz CT molecular complexity index is 494. The van der Waals surface area contributed by atoms with Crippen LogP contribution in [0, 0.1) is 10.1 Å². The summed E-state index contributed by atoms with van der Waals surface area (Å²) >= 11 is 1.82. The van der Waals surface area contributed by atoms with Gasteiger partial charge in [0.15, 0.2) is 0 Å². The van der Waals surface area contributed by atoms with E-state index in [1.807, 2.05) is 11.8 Å². The van der Waals surface area contributed by atoms with Gasteiger partial charge in [-0.3, -0.25) is 14.9 Å². The van der Waals surface area contributed by atoms with Gasteiger partial charge in [0.1, 0.15) is 5.69 Å². The average Bonchev–Trinajstić information content (AvgIpc) is 2.49. The van der Waals surface area contributed by atoms with Crippen molar-refractivity contribution in [2.24, 2.45) is 0 Å². The number of rotatable bonds is 9. The van der Waals surface area contributed by atoms with E-state index in [1.54, 1.807) is 0 Å². The first-order valence-electron chi connectivity index (χ1n) is 6.83. The van der Waals surface area contributed by atoms with Crippen LogP contribution >= 0.6 is 11.8 Å². The fraction of sp³-hybridized carbons (Fsp3) is 0.500. The molecule has 0 atom stereocenters. The molecule has 0 unspecified atom stereocenters. The molecule has 2 N–H and O–H groups in total. The fourth-order valence-corrected chi connectivity index (χ4v) is 2.39. The standard InChI is InChI=1S/C14H21N3O3S/c1-15-14(18)11-6-7-13(17(19)20)12(10-11)16-8-4-3-5-9-21-2/h6-7,10,16H,3-5,8-9H2,1-2H3,(H,15,18). The molecule has 0 heterocycles. The summed E-state index contributed by atoms with van der Waals surface area (Å²) in [6, 6.07) is 4.35. The molecule has 0 aromatic heterocycles. The first-order chi connectivity index (χ1) is 10.1. The van der Waals surface area contributed by atoms with E-state index in [0.717, 1.165) is 25.0 Å². The molecule has 0 fully saturated rings. The van der Waals surface area contributed by atoms with E-state index in [0.29, 0.717) is 17.8 Å². The highest BCUT2D eigenvalue weighted by Crippen LogP contribution is 2.25. The molecule has 7 heteroatoms. The Labute approximate surface area is 128 Å². The predicted octanol–water partition coefficient (Wildman–Crippen LogP) is 2.90. The minimum absolute atomic E-state index is 0.00762. The minimum atomic E-state index is -0.441. The summed E-state index contributed by atoms with van der Waals surface area (Å²) < 4.78 is 0. The van der Waals surface area contributed by atoms with Crippen LogP contribution < -0.4 is 10.6 Å². The smallest absolute Gasteiger partial charge is 0.292 e. The molecular weight excluding hydrogens is 290 g/mol. The monoisotopic (exact) mass is 311 g/mol. The van der Waals surface area contributed by atoms with Gasteiger partial charge in [0.25, 0.3) is 11.6 Å². The van der Waals surface area contributed by atoms with Crippen molar-refractivity contribution in [2.75, 3.05) is 30.9 Å². The maximum absolute atomic E-state index is 11.6. The molecular formula is C14H21N3O3S. The predicted molar refractivity (Wildman–Crippen MR) is 87.2 cm³/mol. The topological polar surface area (TPSA) is 84.3 Å². The van der Waals surface area contributed by atoms with Crippen LogP contribution in [0.15, 0.2) is 18.2 Å². The summed E-state index contributed by atoms with van der Waals surface area (Å²) in [6.45, 7) is 0.659. The quantitative estimate of drug-likeness (QED) is 0.416. The first kappa shape index (κ1) is 17.3. The van der Waals surface area contributed by atoms with Crippen molar-refractivity contribution in [3.8, 4) is 0 Å². The Kier molecular flexibility index (Phi) is 7.60. The summed E-state index contributed by atoms with van der Waals surface area (Å²) in [6.07, 6.45) is 5.24. The molecule has 0 aliphatic rings. The van der Waals surface area contributed by atoms with E-state index in [9.17, 15) is 14.9 Å². The van der Waals surface area contributed by atoms with Crippen molar-refractivity contribution in [3.05, 3.63) is 33.9 Å². The summed E-state index contributed by atoms with van der Waals surface area (Å²) in [5.74, 6) is 0.875. The fourth-order valence-electron chi connectivity index (χ4n) is 1.89. The number of amides is 1. The van der Waals surface area contributed by atoms with E-state index >= 15 is 0 Å². The molecule has 1 amide bonds. The zero-order chi connectivity index (χ0) is 15.7. The summed E-state index contributed by atoms with van der Waals surface area (Å²) in [5, 5.41) is 16.6. The zero-order valence-corrected chi connectivity index (χ0v) is 13.2. The van der Waals surface area contributed by atoms with Crippen LogP contribution in [0.25, 0.3) is 0 Å². The Morgan fingerprint density at radius 3 is 2.71 bits per heavy atom. The second kappa shape index (κ2) is 9.23. The van der Waals surface area contributed by atoms with Crippen LogP contribution in [0.1, 0.15) is 29.6 Å². The lowest BCUT2D eigenvalue weighted by atomic mass is 10.1. The van der Waals surface area contributed by atoms with Gasteiger partial charge in [-0.25, -0.2) is 0 Å². The number of anilines is 1. The number of carbonyl (C=O) groups is 1. The van der Waals surface area contributed by atoms with Gasteiger partial charge in [-0.2, -0.15) is 11.8 Å². The van der Waals surface area contributed by atoms with Crippen molar-refractivity contribution in [3.63, 3.8) is 0 Å². The molecule has 0 aliphatic heterocycles. The summed E-state index contributed by atoms with van der Waals surface area (Å²) in [5.41, 5.74) is 0.797. The second-order valence-electron chi connectivity index (χ2n) is 4.55. The highest BCUT2D eigenvalue weighted by atomic mass is 32.2. The van der Waals surface area contributed by atoms with Gasteiger partial charge in [0, 0.05) is 25.2 Å². The maximum Gasteiger partial charge on any atom is 0.292 e. The molecule has 21 heavy (non-hydrogen) atoms. The number of nitrogens with one attached hydrogen (secondary N) is 2. The number of carbonyl (C=O) groups excluding carboxylic acids is 1. The normalized spacial score (nSPS) is 10.2. The lowest BCUT2D eigenvalue weighted by molar-refractivity contribution is -0.384. The number of nitrogens with zero attached hydrogens (tertiary/aromatic N) is 1. The number of thioether (sulfide) groups is 1. The van der Waals surface area contributed by atoms with Crippen LogP contribution in [0.2, 0.25) is 0 Å². The third kappa shape index (κ3) is 5.63. The highest BCUT2D eigenvalue weighted by Gasteiger charge is 2.15. The maximum atomic E-state index is 11.6. The number of nitro benzene ring substituents is 1. The Balaban J connectivity index is 2.68. The van der Waals surface area contributed by atoms with E-state index < -0.39 is 4.92 Å². The summed E-state index contributed by atoms with van der Waals surface area (Å²) in [4.78, 5) is 22.2. The highest BCUT2D eigenvalue weighted by molar-refractivity contribution is 7.98. The Morgan fingerprint density at radius 2 is 2.10 bits per heavy atom. The number of unbranched alkanes of at least 4 members (excludes halogenated alkanes) is 2. The first-order valence-corrected chi connectivity index (χ1v) is 8.23. The van der Waals surface area contributed by atoms with Crippen molar-refractivity contribution >= 4 is 29.0 Å². The number of benzene rings is 1. The van der Waals surface area contributed by atoms with Crippen molar-refractivity contribution in [2.45, 2.75) is 19.3 Å². The average molecular weight is 311 g/mol. The van der Waals surface area contributed by atoms with E-state index in [4.69, 9.17) is 0 Å². The van der Waals surface area contributed by atoms with Gasteiger partial charge < -0.3 is 10.6 Å². The van der Waals surface area contributed by atoms with Gasteiger partial charge in [-0.05, 0) is 37.0 Å². The SMILES string of the molecule is CNC(=O)c1ccc([N+](=O)[O-])c(NCCCCCSC)c1. The molecule has 0 bridgehead atoms. The molecule has 1 aromatic carbocycles. The molecule has 0 aliphatic carbocycles. The Hall–Kier alpha value is -1.76. The van der Waals surface area contributed by atoms with E-state index in [1.165, 1.54) is 25.2 Å². The van der Waals surface area contributed by atoms with Crippen LogP contribution in [0.3, 0.4) is 0 Å². The number of nitro groups is 1. The molecule has 1 aromatic rings. The largest absolute Gasteiger partial charge is 0.379 e. The molecule has 0 saturated carbocycles. The van der Waals surface area contributed by atoms with Crippen LogP contribution in [0.4, 0.5) is 11.4 Å².